The summed E-state index contributed by atoms with van der Waals surface area (Å²) in [5.74, 6) is 0.956. The van der Waals surface area contributed by atoms with E-state index in [1.165, 1.54) is 64.6 Å². The minimum atomic E-state index is 0.333. The highest BCUT2D eigenvalue weighted by molar-refractivity contribution is 4.91. The van der Waals surface area contributed by atoms with Crippen molar-refractivity contribution in [3.63, 3.8) is 0 Å². The Labute approximate surface area is 114 Å². The van der Waals surface area contributed by atoms with Crippen LogP contribution >= 0.6 is 0 Å². The summed E-state index contributed by atoms with van der Waals surface area (Å²) in [4.78, 5) is 2.78. The van der Waals surface area contributed by atoms with Crippen molar-refractivity contribution in [3.05, 3.63) is 0 Å². The predicted molar refractivity (Wildman–Crippen MR) is 78.9 cm³/mol. The topological polar surface area (TPSA) is 15.3 Å². The molecule has 2 heteroatoms. The van der Waals surface area contributed by atoms with Crippen molar-refractivity contribution >= 4 is 0 Å². The Bertz CT molecular complexity index is 247. The summed E-state index contributed by atoms with van der Waals surface area (Å²) in [6.07, 6.45) is 9.88. The van der Waals surface area contributed by atoms with Crippen LogP contribution in [0.15, 0.2) is 0 Å². The minimum absolute atomic E-state index is 0.333. The SMILES string of the molecule is CCC1(C)CN(C(C)C2CCCCC2)CCCN1. The number of nitrogens with zero attached hydrogens (tertiary/aromatic N) is 1. The molecule has 1 aliphatic carbocycles. The van der Waals surface area contributed by atoms with Crippen molar-refractivity contribution in [2.75, 3.05) is 19.6 Å². The maximum absolute atomic E-state index is 3.75. The van der Waals surface area contributed by atoms with Gasteiger partial charge in [-0.1, -0.05) is 26.2 Å². The van der Waals surface area contributed by atoms with E-state index >= 15 is 0 Å². The highest BCUT2D eigenvalue weighted by Crippen LogP contribution is 2.30. The lowest BCUT2D eigenvalue weighted by Crippen LogP contribution is -2.51. The average Bonchev–Trinajstić information content (AvgIpc) is 2.62. The molecule has 0 radical (unpaired) electrons. The van der Waals surface area contributed by atoms with Crippen LogP contribution < -0.4 is 5.32 Å². The first kappa shape index (κ1) is 14.3. The molecule has 2 rings (SSSR count). The van der Waals surface area contributed by atoms with Crippen molar-refractivity contribution in [2.45, 2.75) is 77.3 Å². The molecule has 0 aromatic rings. The second kappa shape index (κ2) is 6.38. The Morgan fingerprint density at radius 1 is 1.22 bits per heavy atom. The summed E-state index contributed by atoms with van der Waals surface area (Å²) >= 11 is 0. The Morgan fingerprint density at radius 3 is 2.61 bits per heavy atom. The van der Waals surface area contributed by atoms with E-state index in [1.807, 2.05) is 0 Å². The van der Waals surface area contributed by atoms with Crippen LogP contribution in [0.3, 0.4) is 0 Å². The van der Waals surface area contributed by atoms with Gasteiger partial charge in [-0.15, -0.1) is 0 Å². The molecule has 1 aliphatic heterocycles. The third-order valence-corrected chi connectivity index (χ3v) is 5.41. The van der Waals surface area contributed by atoms with Gasteiger partial charge in [0.1, 0.15) is 0 Å². The van der Waals surface area contributed by atoms with Gasteiger partial charge in [0.05, 0.1) is 0 Å². The van der Waals surface area contributed by atoms with Gasteiger partial charge in [0.25, 0.3) is 0 Å². The molecule has 1 saturated carbocycles. The lowest BCUT2D eigenvalue weighted by atomic mass is 9.83. The van der Waals surface area contributed by atoms with Gasteiger partial charge in [0.2, 0.25) is 0 Å². The zero-order chi connectivity index (χ0) is 13.0. The molecule has 1 heterocycles. The molecule has 2 nitrogen and oxygen atoms in total. The van der Waals surface area contributed by atoms with Crippen molar-refractivity contribution in [1.29, 1.82) is 0 Å². The summed E-state index contributed by atoms with van der Waals surface area (Å²) in [6.45, 7) is 10.9. The zero-order valence-corrected chi connectivity index (χ0v) is 12.7. The van der Waals surface area contributed by atoms with E-state index in [1.54, 1.807) is 0 Å². The molecule has 0 amide bonds. The lowest BCUT2D eigenvalue weighted by Gasteiger charge is -2.40. The quantitative estimate of drug-likeness (QED) is 0.828. The third-order valence-electron chi connectivity index (χ3n) is 5.41. The van der Waals surface area contributed by atoms with E-state index in [0.717, 1.165) is 12.0 Å². The Morgan fingerprint density at radius 2 is 1.94 bits per heavy atom. The van der Waals surface area contributed by atoms with E-state index in [4.69, 9.17) is 0 Å². The monoisotopic (exact) mass is 252 g/mol. The lowest BCUT2D eigenvalue weighted by molar-refractivity contribution is 0.109. The number of hydrogen-bond acceptors (Lipinski definition) is 2. The Balaban J connectivity index is 1.96. The molecule has 0 aromatic carbocycles. The number of hydrogen-bond donors (Lipinski definition) is 1. The van der Waals surface area contributed by atoms with Crippen LogP contribution in [0.4, 0.5) is 0 Å². The average molecular weight is 252 g/mol. The molecule has 0 aromatic heterocycles. The molecule has 2 fully saturated rings. The van der Waals surface area contributed by atoms with E-state index in [-0.39, 0.29) is 0 Å². The van der Waals surface area contributed by atoms with Crippen LogP contribution in [-0.2, 0) is 0 Å². The molecule has 2 atom stereocenters. The number of rotatable bonds is 3. The molecule has 2 unspecified atom stereocenters. The Hall–Kier alpha value is -0.0800. The van der Waals surface area contributed by atoms with Crippen LogP contribution in [0, 0.1) is 5.92 Å². The molecular weight excluding hydrogens is 220 g/mol. The second-order valence-corrected chi connectivity index (χ2v) is 6.80. The van der Waals surface area contributed by atoms with Crippen LogP contribution in [0.25, 0.3) is 0 Å². The maximum Gasteiger partial charge on any atom is 0.0277 e. The highest BCUT2D eigenvalue weighted by Gasteiger charge is 2.32. The van der Waals surface area contributed by atoms with Gasteiger partial charge in [-0.3, -0.25) is 4.90 Å². The molecule has 1 N–H and O–H groups in total. The van der Waals surface area contributed by atoms with Crippen LogP contribution in [0.2, 0.25) is 0 Å². The second-order valence-electron chi connectivity index (χ2n) is 6.80. The summed E-state index contributed by atoms with van der Waals surface area (Å²) in [5.41, 5.74) is 0.333. The molecular formula is C16H32N2. The van der Waals surface area contributed by atoms with Gasteiger partial charge in [0.15, 0.2) is 0 Å². The van der Waals surface area contributed by atoms with Crippen LogP contribution in [-0.4, -0.2) is 36.1 Å². The summed E-state index contributed by atoms with van der Waals surface area (Å²) in [6, 6.07) is 0.788. The normalized spacial score (nSPS) is 34.2. The smallest absolute Gasteiger partial charge is 0.0277 e. The van der Waals surface area contributed by atoms with Crippen LogP contribution in [0.5, 0.6) is 0 Å². The van der Waals surface area contributed by atoms with Crippen molar-refractivity contribution in [2.24, 2.45) is 5.92 Å². The van der Waals surface area contributed by atoms with Gasteiger partial charge in [-0.05, 0) is 58.5 Å². The van der Waals surface area contributed by atoms with Crippen molar-refractivity contribution in [1.82, 2.24) is 10.2 Å². The van der Waals surface area contributed by atoms with E-state index in [2.05, 4.69) is 31.0 Å². The highest BCUT2D eigenvalue weighted by atomic mass is 15.2. The summed E-state index contributed by atoms with van der Waals surface area (Å²) in [7, 11) is 0. The molecule has 106 valence electrons. The van der Waals surface area contributed by atoms with Gasteiger partial charge in [-0.2, -0.15) is 0 Å². The van der Waals surface area contributed by atoms with E-state index in [9.17, 15) is 0 Å². The Kier molecular flexibility index (Phi) is 5.08. The number of nitrogens with one attached hydrogen (secondary N) is 1. The van der Waals surface area contributed by atoms with Crippen molar-refractivity contribution < 1.29 is 0 Å². The molecule has 18 heavy (non-hydrogen) atoms. The fourth-order valence-electron chi connectivity index (χ4n) is 3.75. The fraction of sp³-hybridized carbons (Fsp3) is 1.00. The van der Waals surface area contributed by atoms with Gasteiger partial charge in [-0.25, -0.2) is 0 Å². The maximum atomic E-state index is 3.75. The standard InChI is InChI=1S/C16H32N2/c1-4-16(3)13-18(12-8-11-17-16)14(2)15-9-6-5-7-10-15/h14-15,17H,4-13H2,1-3H3. The largest absolute Gasteiger partial charge is 0.310 e. The van der Waals surface area contributed by atoms with E-state index in [0.29, 0.717) is 5.54 Å². The van der Waals surface area contributed by atoms with Gasteiger partial charge in [0, 0.05) is 18.1 Å². The van der Waals surface area contributed by atoms with Crippen molar-refractivity contribution in [3.8, 4) is 0 Å². The summed E-state index contributed by atoms with van der Waals surface area (Å²) in [5, 5.41) is 3.75. The summed E-state index contributed by atoms with van der Waals surface area (Å²) < 4.78 is 0. The zero-order valence-electron chi connectivity index (χ0n) is 12.7. The third kappa shape index (κ3) is 3.48. The van der Waals surface area contributed by atoms with Crippen LogP contribution in [0.1, 0.15) is 65.7 Å². The minimum Gasteiger partial charge on any atom is -0.310 e. The van der Waals surface area contributed by atoms with Gasteiger partial charge >= 0.3 is 0 Å². The molecule has 0 bridgehead atoms. The first-order chi connectivity index (χ1) is 8.64. The first-order valence-corrected chi connectivity index (χ1v) is 8.14. The molecule has 1 saturated heterocycles. The van der Waals surface area contributed by atoms with Gasteiger partial charge < -0.3 is 5.32 Å². The first-order valence-electron chi connectivity index (χ1n) is 8.14. The fourth-order valence-corrected chi connectivity index (χ4v) is 3.75. The molecule has 2 aliphatic rings. The van der Waals surface area contributed by atoms with E-state index < -0.39 is 0 Å². The predicted octanol–water partition coefficient (Wildman–Crippen LogP) is 3.42. The molecule has 0 spiro atoms.